The summed E-state index contributed by atoms with van der Waals surface area (Å²) < 4.78 is 6.67. The molecule has 1 aromatic heterocycles. The molecule has 9 aromatic carbocycles. The van der Waals surface area contributed by atoms with Crippen molar-refractivity contribution in [2.24, 2.45) is 0 Å². The van der Waals surface area contributed by atoms with Gasteiger partial charge < -0.3 is 9.32 Å². The lowest BCUT2D eigenvalue weighted by Crippen LogP contribution is -2.09. The number of anilines is 3. The van der Waals surface area contributed by atoms with Gasteiger partial charge in [-0.1, -0.05) is 140 Å². The fraction of sp³-hybridized carbons (Fsp3) is 0. The first-order valence-corrected chi connectivity index (χ1v) is 17.1. The molecule has 0 saturated carbocycles. The summed E-state index contributed by atoms with van der Waals surface area (Å²) >= 11 is 0. The quantitative estimate of drug-likeness (QED) is 0.169. The molecule has 0 aliphatic rings. The normalized spacial score (nSPS) is 11.6. The van der Waals surface area contributed by atoms with E-state index in [-0.39, 0.29) is 0 Å². The smallest absolute Gasteiger partial charge is 0.143 e. The standard InChI is InChI=1S/C48H31NO/c1-3-10-32(11-4-1)34-18-24-37(25-19-34)49(38-26-20-35(21-27-38)33-12-5-2-6-13-33)39-28-22-36(23-29-39)40-30-31-44-42-15-8-7-14-41(42)43-16-9-17-45-46(43)47(44)48(40)50-45/h1-31H. The molecular formula is C48H31NO. The maximum Gasteiger partial charge on any atom is 0.143 e. The molecule has 2 nitrogen and oxygen atoms in total. The van der Waals surface area contributed by atoms with Crippen LogP contribution in [0.4, 0.5) is 17.1 Å². The fourth-order valence-electron chi connectivity index (χ4n) is 7.65. The van der Waals surface area contributed by atoms with E-state index in [2.05, 4.69) is 193 Å². The maximum absolute atomic E-state index is 6.67. The van der Waals surface area contributed by atoms with E-state index < -0.39 is 0 Å². The maximum atomic E-state index is 6.67. The van der Waals surface area contributed by atoms with Crippen LogP contribution < -0.4 is 4.90 Å². The molecule has 50 heavy (non-hydrogen) atoms. The van der Waals surface area contributed by atoms with Gasteiger partial charge in [0.2, 0.25) is 0 Å². The van der Waals surface area contributed by atoms with Gasteiger partial charge in [-0.25, -0.2) is 0 Å². The van der Waals surface area contributed by atoms with Gasteiger partial charge in [0.25, 0.3) is 0 Å². The molecular weight excluding hydrogens is 607 g/mol. The van der Waals surface area contributed by atoms with Crippen molar-refractivity contribution in [3.63, 3.8) is 0 Å². The largest absolute Gasteiger partial charge is 0.455 e. The topological polar surface area (TPSA) is 16.4 Å². The monoisotopic (exact) mass is 637 g/mol. The molecule has 0 saturated heterocycles. The molecule has 0 aliphatic carbocycles. The molecule has 0 fully saturated rings. The Balaban J connectivity index is 1.08. The van der Waals surface area contributed by atoms with Gasteiger partial charge >= 0.3 is 0 Å². The molecule has 0 unspecified atom stereocenters. The van der Waals surface area contributed by atoms with Crippen LogP contribution >= 0.6 is 0 Å². The first kappa shape index (κ1) is 28.4. The number of nitrogens with zero attached hydrogens (tertiary/aromatic N) is 1. The lowest BCUT2D eigenvalue weighted by Gasteiger charge is -2.26. The summed E-state index contributed by atoms with van der Waals surface area (Å²) in [6, 6.07) is 67.2. The second-order valence-electron chi connectivity index (χ2n) is 12.9. The minimum absolute atomic E-state index is 0.932. The Morgan fingerprint density at radius 2 is 0.740 bits per heavy atom. The van der Waals surface area contributed by atoms with Crippen LogP contribution in [-0.4, -0.2) is 0 Å². The number of hydrogen-bond donors (Lipinski definition) is 0. The van der Waals surface area contributed by atoms with Crippen LogP contribution in [0.25, 0.3) is 76.9 Å². The molecule has 234 valence electrons. The number of fused-ring (bicyclic) bond motifs is 3. The van der Waals surface area contributed by atoms with E-state index in [0.29, 0.717) is 0 Å². The minimum atomic E-state index is 0.932. The van der Waals surface area contributed by atoms with Crippen LogP contribution in [0.1, 0.15) is 0 Å². The highest BCUT2D eigenvalue weighted by Gasteiger charge is 2.20. The van der Waals surface area contributed by atoms with E-state index in [9.17, 15) is 0 Å². The molecule has 0 bridgehead atoms. The van der Waals surface area contributed by atoms with Crippen molar-refractivity contribution >= 4 is 60.5 Å². The number of rotatable bonds is 6. The van der Waals surface area contributed by atoms with E-state index >= 15 is 0 Å². The first-order valence-electron chi connectivity index (χ1n) is 17.1. The SMILES string of the molecule is c1ccc(-c2ccc(N(c3ccc(-c4ccccc4)cc3)c3ccc(-c4ccc5c6ccccc6c6cccc7oc4c5c76)cc3)cc2)cc1. The van der Waals surface area contributed by atoms with Crippen LogP contribution in [0, 0.1) is 0 Å². The lowest BCUT2D eigenvalue weighted by molar-refractivity contribution is 0.670. The molecule has 0 radical (unpaired) electrons. The summed E-state index contributed by atoms with van der Waals surface area (Å²) in [6.45, 7) is 0. The fourth-order valence-corrected chi connectivity index (χ4v) is 7.65. The Kier molecular flexibility index (Phi) is 6.53. The lowest BCUT2D eigenvalue weighted by atomic mass is 9.92. The van der Waals surface area contributed by atoms with E-state index in [1.807, 2.05) is 0 Å². The second-order valence-corrected chi connectivity index (χ2v) is 12.9. The average Bonchev–Trinajstić information content (AvgIpc) is 3.60. The van der Waals surface area contributed by atoms with Gasteiger partial charge in [0, 0.05) is 33.4 Å². The summed E-state index contributed by atoms with van der Waals surface area (Å²) in [7, 11) is 0. The van der Waals surface area contributed by atoms with Crippen LogP contribution in [0.2, 0.25) is 0 Å². The molecule has 0 amide bonds. The van der Waals surface area contributed by atoms with Crippen LogP contribution in [0.5, 0.6) is 0 Å². The zero-order valence-electron chi connectivity index (χ0n) is 27.3. The summed E-state index contributed by atoms with van der Waals surface area (Å²) in [6.07, 6.45) is 0. The zero-order chi connectivity index (χ0) is 33.0. The summed E-state index contributed by atoms with van der Waals surface area (Å²) in [4.78, 5) is 2.33. The third-order valence-electron chi connectivity index (χ3n) is 10.1. The molecule has 0 N–H and O–H groups in total. The Hall–Kier alpha value is -6.64. The predicted octanol–water partition coefficient (Wildman–Crippen LogP) is 13.8. The van der Waals surface area contributed by atoms with Crippen LogP contribution in [0.15, 0.2) is 192 Å². The van der Waals surface area contributed by atoms with Crippen LogP contribution in [-0.2, 0) is 0 Å². The highest BCUT2D eigenvalue weighted by molar-refractivity contribution is 6.34. The summed E-state index contributed by atoms with van der Waals surface area (Å²) in [5.74, 6) is 0. The minimum Gasteiger partial charge on any atom is -0.455 e. The van der Waals surface area contributed by atoms with Crippen LogP contribution in [0.3, 0.4) is 0 Å². The molecule has 1 heterocycles. The van der Waals surface area contributed by atoms with Crippen molar-refractivity contribution in [1.29, 1.82) is 0 Å². The van der Waals surface area contributed by atoms with Gasteiger partial charge in [0.1, 0.15) is 11.2 Å². The van der Waals surface area contributed by atoms with Crippen molar-refractivity contribution in [3.8, 4) is 33.4 Å². The van der Waals surface area contributed by atoms with E-state index in [4.69, 9.17) is 4.42 Å². The predicted molar refractivity (Wildman–Crippen MR) is 211 cm³/mol. The van der Waals surface area contributed by atoms with Gasteiger partial charge in [-0.2, -0.15) is 0 Å². The Morgan fingerprint density at radius 1 is 0.300 bits per heavy atom. The Bertz CT molecular complexity index is 2680. The molecule has 0 atom stereocenters. The van der Waals surface area contributed by atoms with Crippen molar-refractivity contribution in [2.75, 3.05) is 4.90 Å². The molecule has 10 aromatic rings. The van der Waals surface area contributed by atoms with Crippen molar-refractivity contribution in [3.05, 3.63) is 188 Å². The number of hydrogen-bond acceptors (Lipinski definition) is 2. The highest BCUT2D eigenvalue weighted by Crippen LogP contribution is 2.46. The van der Waals surface area contributed by atoms with E-state index in [1.165, 1.54) is 54.6 Å². The number of benzene rings is 9. The summed E-state index contributed by atoms with van der Waals surface area (Å²) in [5.41, 5.74) is 12.2. The van der Waals surface area contributed by atoms with Crippen molar-refractivity contribution in [1.82, 2.24) is 0 Å². The van der Waals surface area contributed by atoms with Crippen molar-refractivity contribution in [2.45, 2.75) is 0 Å². The zero-order valence-corrected chi connectivity index (χ0v) is 27.3. The number of furan rings is 1. The Labute approximate surface area is 290 Å². The second kappa shape index (κ2) is 11.5. The molecule has 0 spiro atoms. The van der Waals surface area contributed by atoms with Gasteiger partial charge in [-0.3, -0.25) is 0 Å². The van der Waals surface area contributed by atoms with E-state index in [1.54, 1.807) is 0 Å². The van der Waals surface area contributed by atoms with Crippen molar-refractivity contribution < 1.29 is 4.42 Å². The first-order chi connectivity index (χ1) is 24.8. The molecule has 0 aliphatic heterocycles. The Morgan fingerprint density at radius 3 is 1.28 bits per heavy atom. The third kappa shape index (κ3) is 4.57. The highest BCUT2D eigenvalue weighted by atomic mass is 16.3. The molecule has 10 rings (SSSR count). The van der Waals surface area contributed by atoms with Gasteiger partial charge in [-0.15, -0.1) is 0 Å². The summed E-state index contributed by atoms with van der Waals surface area (Å²) in [5, 5.41) is 7.40. The van der Waals surface area contributed by atoms with Gasteiger partial charge in [0.05, 0.1) is 0 Å². The van der Waals surface area contributed by atoms with Gasteiger partial charge in [0.15, 0.2) is 0 Å². The van der Waals surface area contributed by atoms with E-state index in [0.717, 1.165) is 39.4 Å². The average molecular weight is 638 g/mol. The van der Waals surface area contributed by atoms with Gasteiger partial charge in [-0.05, 0) is 97.9 Å². The molecule has 2 heteroatoms. The third-order valence-corrected chi connectivity index (χ3v) is 10.1.